The van der Waals surface area contributed by atoms with Crippen molar-refractivity contribution in [1.29, 1.82) is 0 Å². The molecule has 0 saturated heterocycles. The van der Waals surface area contributed by atoms with Crippen LogP contribution in [0.4, 0.5) is 0 Å². The van der Waals surface area contributed by atoms with Crippen LogP contribution in [-0.2, 0) is 9.53 Å². The Kier molecular flexibility index (Phi) is 2.41. The van der Waals surface area contributed by atoms with Crippen LogP contribution in [0.3, 0.4) is 0 Å². The summed E-state index contributed by atoms with van der Waals surface area (Å²) < 4.78 is 4.79. The minimum Gasteiger partial charge on any atom is -0.461 e. The van der Waals surface area contributed by atoms with Gasteiger partial charge in [0, 0.05) is 0 Å². The van der Waals surface area contributed by atoms with E-state index < -0.39 is 0 Å². The van der Waals surface area contributed by atoms with Crippen LogP contribution < -0.4 is 0 Å². The van der Waals surface area contributed by atoms with Crippen LogP contribution in [0, 0.1) is 0 Å². The minimum atomic E-state index is -0.307. The van der Waals surface area contributed by atoms with Crippen LogP contribution in [0.2, 0.25) is 0 Å². The molecule has 0 aromatic heterocycles. The summed E-state index contributed by atoms with van der Waals surface area (Å²) in [6.45, 7) is 4.67. The van der Waals surface area contributed by atoms with Crippen molar-refractivity contribution in [2.45, 2.75) is 13.8 Å². The summed E-state index contributed by atoms with van der Waals surface area (Å²) in [5.74, 6) is -0.307. The van der Waals surface area contributed by atoms with E-state index in [1.807, 2.05) is 13.0 Å². The van der Waals surface area contributed by atoms with Crippen molar-refractivity contribution >= 4 is 11.7 Å². The number of carbonyl (C=O) groups excluding carboxylic acids is 1. The van der Waals surface area contributed by atoms with Crippen molar-refractivity contribution in [3.63, 3.8) is 0 Å². The number of carbonyl (C=O) groups is 1. The summed E-state index contributed by atoms with van der Waals surface area (Å²) in [4.78, 5) is 15.0. The second-order valence-electron chi connectivity index (χ2n) is 2.30. The van der Waals surface area contributed by atoms with E-state index in [0.29, 0.717) is 18.9 Å². The molecule has 0 spiro atoms. The van der Waals surface area contributed by atoms with E-state index in [1.54, 1.807) is 6.92 Å². The van der Waals surface area contributed by atoms with Crippen molar-refractivity contribution in [1.82, 2.24) is 0 Å². The Morgan fingerprint density at radius 2 is 2.55 bits per heavy atom. The number of nitrogens with zero attached hydrogens (tertiary/aromatic N) is 1. The first-order valence-corrected chi connectivity index (χ1v) is 3.64. The SMILES string of the molecule is CCOC(=O)C1=NCC=C1C. The average molecular weight is 153 g/mol. The summed E-state index contributed by atoms with van der Waals surface area (Å²) in [6, 6.07) is 0. The fraction of sp³-hybridized carbons (Fsp3) is 0.500. The van der Waals surface area contributed by atoms with E-state index in [4.69, 9.17) is 4.74 Å². The van der Waals surface area contributed by atoms with Crippen LogP contribution in [-0.4, -0.2) is 24.8 Å². The third-order valence-corrected chi connectivity index (χ3v) is 1.49. The quantitative estimate of drug-likeness (QED) is 0.554. The summed E-state index contributed by atoms with van der Waals surface area (Å²) >= 11 is 0. The molecule has 0 aromatic rings. The first-order chi connectivity index (χ1) is 5.25. The van der Waals surface area contributed by atoms with Gasteiger partial charge in [0.25, 0.3) is 0 Å². The van der Waals surface area contributed by atoms with Crippen LogP contribution in [0.15, 0.2) is 16.6 Å². The molecule has 0 N–H and O–H groups in total. The van der Waals surface area contributed by atoms with Crippen molar-refractivity contribution in [3.8, 4) is 0 Å². The molecule has 0 aromatic carbocycles. The molecule has 3 nitrogen and oxygen atoms in total. The highest BCUT2D eigenvalue weighted by atomic mass is 16.5. The first kappa shape index (κ1) is 7.98. The van der Waals surface area contributed by atoms with Gasteiger partial charge in [0.2, 0.25) is 0 Å². The van der Waals surface area contributed by atoms with Gasteiger partial charge in [0.15, 0.2) is 0 Å². The van der Waals surface area contributed by atoms with Crippen molar-refractivity contribution in [2.75, 3.05) is 13.2 Å². The zero-order chi connectivity index (χ0) is 8.27. The second-order valence-corrected chi connectivity index (χ2v) is 2.30. The summed E-state index contributed by atoms with van der Waals surface area (Å²) in [7, 11) is 0. The molecule has 0 aliphatic carbocycles. The molecule has 0 unspecified atom stereocenters. The molecule has 0 radical (unpaired) electrons. The van der Waals surface area contributed by atoms with Crippen molar-refractivity contribution in [2.24, 2.45) is 4.99 Å². The van der Waals surface area contributed by atoms with E-state index in [1.165, 1.54) is 0 Å². The first-order valence-electron chi connectivity index (χ1n) is 3.64. The fourth-order valence-electron chi connectivity index (χ4n) is 0.920. The minimum absolute atomic E-state index is 0.307. The average Bonchev–Trinajstić information content (AvgIpc) is 2.36. The van der Waals surface area contributed by atoms with Gasteiger partial charge in [-0.3, -0.25) is 4.99 Å². The van der Waals surface area contributed by atoms with E-state index >= 15 is 0 Å². The molecule has 0 atom stereocenters. The van der Waals surface area contributed by atoms with E-state index in [0.717, 1.165) is 5.57 Å². The van der Waals surface area contributed by atoms with Gasteiger partial charge in [-0.05, 0) is 19.4 Å². The van der Waals surface area contributed by atoms with Crippen molar-refractivity contribution in [3.05, 3.63) is 11.6 Å². The topological polar surface area (TPSA) is 38.7 Å². The Labute approximate surface area is 65.8 Å². The lowest BCUT2D eigenvalue weighted by atomic mass is 10.2. The molecule has 0 saturated carbocycles. The lowest BCUT2D eigenvalue weighted by Gasteiger charge is -2.00. The predicted octanol–water partition coefficient (Wildman–Crippen LogP) is 0.950. The molecule has 11 heavy (non-hydrogen) atoms. The Bertz CT molecular complexity index is 228. The molecule has 0 bridgehead atoms. The van der Waals surface area contributed by atoms with Gasteiger partial charge >= 0.3 is 5.97 Å². The van der Waals surface area contributed by atoms with Gasteiger partial charge in [0.05, 0.1) is 13.2 Å². The predicted molar refractivity (Wildman–Crippen MR) is 42.7 cm³/mol. The molecular formula is C8H11NO2. The lowest BCUT2D eigenvalue weighted by molar-refractivity contribution is -0.134. The highest BCUT2D eigenvalue weighted by Crippen LogP contribution is 2.06. The molecule has 60 valence electrons. The zero-order valence-electron chi connectivity index (χ0n) is 6.76. The van der Waals surface area contributed by atoms with Crippen molar-refractivity contribution < 1.29 is 9.53 Å². The van der Waals surface area contributed by atoms with Crippen LogP contribution in [0.1, 0.15) is 13.8 Å². The Morgan fingerprint density at radius 3 is 3.00 bits per heavy atom. The third kappa shape index (κ3) is 1.67. The number of rotatable bonds is 2. The Hall–Kier alpha value is -1.12. The molecule has 1 rings (SSSR count). The van der Waals surface area contributed by atoms with Gasteiger partial charge in [-0.25, -0.2) is 4.79 Å². The largest absolute Gasteiger partial charge is 0.461 e. The normalized spacial score (nSPS) is 15.8. The summed E-state index contributed by atoms with van der Waals surface area (Å²) in [5, 5.41) is 0. The summed E-state index contributed by atoms with van der Waals surface area (Å²) in [6.07, 6.45) is 1.91. The fourth-order valence-corrected chi connectivity index (χ4v) is 0.920. The highest BCUT2D eigenvalue weighted by molar-refractivity contribution is 6.43. The maximum Gasteiger partial charge on any atom is 0.356 e. The molecule has 0 fully saturated rings. The van der Waals surface area contributed by atoms with Gasteiger partial charge in [-0.15, -0.1) is 0 Å². The number of hydrogen-bond donors (Lipinski definition) is 0. The second kappa shape index (κ2) is 3.32. The van der Waals surface area contributed by atoms with Gasteiger partial charge in [0.1, 0.15) is 5.71 Å². The van der Waals surface area contributed by atoms with Crippen LogP contribution >= 0.6 is 0 Å². The standard InChI is InChI=1S/C8H11NO2/c1-3-11-8(10)7-6(2)4-5-9-7/h4H,3,5H2,1-2H3. The molecule has 1 heterocycles. The molecule has 0 amide bonds. The Balaban J connectivity index is 2.61. The van der Waals surface area contributed by atoms with Gasteiger partial charge in [-0.1, -0.05) is 6.08 Å². The third-order valence-electron chi connectivity index (χ3n) is 1.49. The molecule has 1 aliphatic heterocycles. The Morgan fingerprint density at radius 1 is 1.82 bits per heavy atom. The van der Waals surface area contributed by atoms with Crippen LogP contribution in [0.25, 0.3) is 0 Å². The number of ether oxygens (including phenoxy) is 1. The number of esters is 1. The maximum absolute atomic E-state index is 11.1. The zero-order valence-corrected chi connectivity index (χ0v) is 6.76. The summed E-state index contributed by atoms with van der Waals surface area (Å²) in [5.41, 5.74) is 1.40. The van der Waals surface area contributed by atoms with E-state index in [-0.39, 0.29) is 5.97 Å². The molecular weight excluding hydrogens is 142 g/mol. The van der Waals surface area contributed by atoms with Crippen LogP contribution in [0.5, 0.6) is 0 Å². The molecule has 1 aliphatic rings. The van der Waals surface area contributed by atoms with Gasteiger partial charge < -0.3 is 4.74 Å². The van der Waals surface area contributed by atoms with E-state index in [9.17, 15) is 4.79 Å². The van der Waals surface area contributed by atoms with E-state index in [2.05, 4.69) is 4.99 Å². The maximum atomic E-state index is 11.1. The molecule has 3 heteroatoms. The number of aliphatic imine (C=N–C) groups is 1. The highest BCUT2D eigenvalue weighted by Gasteiger charge is 2.16. The smallest absolute Gasteiger partial charge is 0.356 e. The monoisotopic (exact) mass is 153 g/mol. The van der Waals surface area contributed by atoms with Gasteiger partial charge in [-0.2, -0.15) is 0 Å². The number of hydrogen-bond acceptors (Lipinski definition) is 3. The lowest BCUT2D eigenvalue weighted by Crippen LogP contribution is -2.16.